The van der Waals surface area contributed by atoms with Gasteiger partial charge in [-0.05, 0) is 61.0 Å². The summed E-state index contributed by atoms with van der Waals surface area (Å²) >= 11 is 0. The molecule has 0 saturated carbocycles. The van der Waals surface area contributed by atoms with Crippen LogP contribution in [0.1, 0.15) is 84.5 Å². The summed E-state index contributed by atoms with van der Waals surface area (Å²) in [7, 11) is 0. The summed E-state index contributed by atoms with van der Waals surface area (Å²) in [6, 6.07) is 19.3. The molecule has 0 spiro atoms. The van der Waals surface area contributed by atoms with Crippen LogP contribution in [0.2, 0.25) is 0 Å². The molecule has 0 saturated heterocycles. The molecule has 0 bridgehead atoms. The van der Waals surface area contributed by atoms with Crippen LogP contribution in [0.5, 0.6) is 5.75 Å². The van der Waals surface area contributed by atoms with Crippen molar-refractivity contribution in [1.29, 1.82) is 0 Å². The predicted molar refractivity (Wildman–Crippen MR) is 139 cm³/mol. The zero-order valence-corrected chi connectivity index (χ0v) is 20.5. The number of ether oxygens (including phenoxy) is 2. The van der Waals surface area contributed by atoms with Gasteiger partial charge < -0.3 is 9.47 Å². The molecule has 33 heavy (non-hydrogen) atoms. The molecule has 3 aromatic rings. The number of carbonyl (C=O) groups is 1. The highest BCUT2D eigenvalue weighted by molar-refractivity contribution is 6.00. The van der Waals surface area contributed by atoms with Crippen LogP contribution in [0.25, 0.3) is 21.5 Å². The third kappa shape index (κ3) is 8.72. The number of carbonyl (C=O) groups excluding carboxylic acids is 1. The Morgan fingerprint density at radius 2 is 1.27 bits per heavy atom. The second kappa shape index (κ2) is 13.9. The summed E-state index contributed by atoms with van der Waals surface area (Å²) in [4.78, 5) is 11.5. The first-order valence-corrected chi connectivity index (χ1v) is 12.9. The molecular weight excluding hydrogens is 408 g/mol. The SMILES string of the molecule is CC(C)OC(=O)CCCCCCCCCCCCOc1cccc2cc3ccccc3cc12. The van der Waals surface area contributed by atoms with Crippen molar-refractivity contribution in [2.24, 2.45) is 0 Å². The third-order valence-electron chi connectivity index (χ3n) is 6.11. The number of rotatable bonds is 15. The molecule has 3 rings (SSSR count). The van der Waals surface area contributed by atoms with E-state index >= 15 is 0 Å². The molecule has 0 heterocycles. The number of esters is 1. The van der Waals surface area contributed by atoms with Gasteiger partial charge in [-0.25, -0.2) is 0 Å². The number of benzene rings is 3. The van der Waals surface area contributed by atoms with Gasteiger partial charge in [-0.15, -0.1) is 0 Å². The number of hydrogen-bond acceptors (Lipinski definition) is 3. The molecule has 0 aliphatic heterocycles. The molecule has 0 amide bonds. The number of hydrogen-bond donors (Lipinski definition) is 0. The van der Waals surface area contributed by atoms with Gasteiger partial charge in [0.25, 0.3) is 0 Å². The first-order valence-electron chi connectivity index (χ1n) is 12.9. The van der Waals surface area contributed by atoms with Crippen molar-refractivity contribution in [3.63, 3.8) is 0 Å². The highest BCUT2D eigenvalue weighted by Crippen LogP contribution is 2.30. The van der Waals surface area contributed by atoms with Crippen LogP contribution in [0.3, 0.4) is 0 Å². The molecule has 0 unspecified atom stereocenters. The molecule has 178 valence electrons. The molecule has 3 nitrogen and oxygen atoms in total. The zero-order valence-electron chi connectivity index (χ0n) is 20.5. The second-order valence-corrected chi connectivity index (χ2v) is 9.35. The van der Waals surface area contributed by atoms with E-state index in [9.17, 15) is 4.79 Å². The van der Waals surface area contributed by atoms with Crippen LogP contribution in [0, 0.1) is 0 Å². The Labute approximate surface area is 199 Å². The van der Waals surface area contributed by atoms with Gasteiger partial charge in [0.05, 0.1) is 12.7 Å². The van der Waals surface area contributed by atoms with Crippen LogP contribution in [-0.4, -0.2) is 18.7 Å². The van der Waals surface area contributed by atoms with Gasteiger partial charge in [0, 0.05) is 11.8 Å². The first kappa shape index (κ1) is 25.1. The fourth-order valence-corrected chi connectivity index (χ4v) is 4.35. The summed E-state index contributed by atoms with van der Waals surface area (Å²) in [6.07, 6.45) is 12.7. The highest BCUT2D eigenvalue weighted by Gasteiger charge is 2.05. The monoisotopic (exact) mass is 448 g/mol. The minimum Gasteiger partial charge on any atom is -0.493 e. The molecule has 3 heteroatoms. The van der Waals surface area contributed by atoms with Gasteiger partial charge in [0.15, 0.2) is 0 Å². The van der Waals surface area contributed by atoms with Gasteiger partial charge in [-0.3, -0.25) is 4.79 Å². The molecular formula is C30H40O3. The van der Waals surface area contributed by atoms with E-state index in [-0.39, 0.29) is 12.1 Å². The lowest BCUT2D eigenvalue weighted by Crippen LogP contribution is -2.10. The van der Waals surface area contributed by atoms with Gasteiger partial charge in [0.1, 0.15) is 5.75 Å². The molecule has 0 aliphatic carbocycles. The topological polar surface area (TPSA) is 35.5 Å². The average Bonchev–Trinajstić information content (AvgIpc) is 2.80. The van der Waals surface area contributed by atoms with Crippen LogP contribution in [-0.2, 0) is 9.53 Å². The second-order valence-electron chi connectivity index (χ2n) is 9.35. The Hall–Kier alpha value is -2.55. The van der Waals surface area contributed by atoms with E-state index in [1.165, 1.54) is 66.5 Å². The fourth-order valence-electron chi connectivity index (χ4n) is 4.35. The van der Waals surface area contributed by atoms with Gasteiger partial charge in [-0.1, -0.05) is 87.8 Å². The van der Waals surface area contributed by atoms with Crippen LogP contribution >= 0.6 is 0 Å². The van der Waals surface area contributed by atoms with Crippen molar-refractivity contribution < 1.29 is 14.3 Å². The van der Waals surface area contributed by atoms with Gasteiger partial charge >= 0.3 is 5.97 Å². The quantitative estimate of drug-likeness (QED) is 0.133. The molecule has 0 aliphatic rings. The minimum absolute atomic E-state index is 0.00281. The maximum absolute atomic E-state index is 11.5. The summed E-state index contributed by atoms with van der Waals surface area (Å²) < 4.78 is 11.3. The Bertz CT molecular complexity index is 992. The molecule has 0 N–H and O–H groups in total. The largest absolute Gasteiger partial charge is 0.493 e. The Kier molecular flexibility index (Phi) is 10.5. The number of unbranched alkanes of at least 4 members (excludes halogenated alkanes) is 9. The zero-order chi connectivity index (χ0) is 23.3. The molecule has 0 aromatic heterocycles. The van der Waals surface area contributed by atoms with Crippen molar-refractivity contribution in [3.8, 4) is 5.75 Å². The van der Waals surface area contributed by atoms with E-state index in [2.05, 4.69) is 54.6 Å². The van der Waals surface area contributed by atoms with E-state index < -0.39 is 0 Å². The lowest BCUT2D eigenvalue weighted by atomic mass is 10.0. The Balaban J connectivity index is 1.22. The maximum Gasteiger partial charge on any atom is 0.306 e. The summed E-state index contributed by atoms with van der Waals surface area (Å²) in [5.74, 6) is 0.943. The maximum atomic E-state index is 11.5. The smallest absolute Gasteiger partial charge is 0.306 e. The van der Waals surface area contributed by atoms with E-state index in [0.717, 1.165) is 31.6 Å². The predicted octanol–water partition coefficient (Wildman–Crippen LogP) is 8.61. The first-order chi connectivity index (χ1) is 16.1. The summed E-state index contributed by atoms with van der Waals surface area (Å²) in [5, 5.41) is 4.97. The van der Waals surface area contributed by atoms with Crippen LogP contribution in [0.4, 0.5) is 0 Å². The lowest BCUT2D eigenvalue weighted by Gasteiger charge is -2.10. The van der Waals surface area contributed by atoms with E-state index in [1.54, 1.807) is 0 Å². The van der Waals surface area contributed by atoms with Crippen molar-refractivity contribution in [3.05, 3.63) is 54.6 Å². The summed E-state index contributed by atoms with van der Waals surface area (Å²) in [6.45, 7) is 4.58. The third-order valence-corrected chi connectivity index (χ3v) is 6.11. The lowest BCUT2D eigenvalue weighted by molar-refractivity contribution is -0.147. The van der Waals surface area contributed by atoms with Crippen molar-refractivity contribution in [2.75, 3.05) is 6.61 Å². The van der Waals surface area contributed by atoms with E-state index in [1.807, 2.05) is 13.8 Å². The molecule has 0 atom stereocenters. The molecule has 3 aromatic carbocycles. The average molecular weight is 449 g/mol. The normalized spacial score (nSPS) is 11.4. The van der Waals surface area contributed by atoms with E-state index in [0.29, 0.717) is 6.42 Å². The molecule has 0 radical (unpaired) electrons. The van der Waals surface area contributed by atoms with Gasteiger partial charge in [-0.2, -0.15) is 0 Å². The van der Waals surface area contributed by atoms with Crippen LogP contribution in [0.15, 0.2) is 54.6 Å². The van der Waals surface area contributed by atoms with Crippen molar-refractivity contribution >= 4 is 27.5 Å². The molecule has 0 fully saturated rings. The summed E-state index contributed by atoms with van der Waals surface area (Å²) in [5.41, 5.74) is 0. The number of fused-ring (bicyclic) bond motifs is 2. The van der Waals surface area contributed by atoms with Crippen LogP contribution < -0.4 is 4.74 Å². The fraction of sp³-hybridized carbons (Fsp3) is 0.500. The van der Waals surface area contributed by atoms with Gasteiger partial charge in [0.2, 0.25) is 0 Å². The van der Waals surface area contributed by atoms with Crippen molar-refractivity contribution in [1.82, 2.24) is 0 Å². The standard InChI is InChI=1S/C30H40O3/c1-24(2)33-30(31)20-11-9-7-5-3-4-6-8-10-14-21-32-29-19-15-18-27-22-25-16-12-13-17-26(25)23-28(27)29/h12-13,15-19,22-24H,3-11,14,20-21H2,1-2H3. The Morgan fingerprint density at radius 3 is 1.94 bits per heavy atom. The van der Waals surface area contributed by atoms with Crippen molar-refractivity contribution in [2.45, 2.75) is 90.6 Å². The van der Waals surface area contributed by atoms with E-state index in [4.69, 9.17) is 9.47 Å². The highest BCUT2D eigenvalue weighted by atomic mass is 16.5. The minimum atomic E-state index is -0.0528. The Morgan fingerprint density at radius 1 is 0.697 bits per heavy atom.